The van der Waals surface area contributed by atoms with Gasteiger partial charge in [-0.05, 0) is 55.1 Å². The Kier molecular flexibility index (Phi) is 10.1. The van der Waals surface area contributed by atoms with Gasteiger partial charge in [-0.2, -0.15) is 0 Å². The fourth-order valence-corrected chi connectivity index (χ4v) is 7.41. The van der Waals surface area contributed by atoms with Crippen molar-refractivity contribution >= 4 is 48.6 Å². The molecule has 1 aromatic carbocycles. The Bertz CT molecular complexity index is 687. The lowest BCUT2D eigenvalue weighted by Crippen LogP contribution is -2.31. The van der Waals surface area contributed by atoms with Crippen molar-refractivity contribution in [3.05, 3.63) is 29.8 Å². The van der Waals surface area contributed by atoms with E-state index in [1.807, 2.05) is 38.1 Å². The van der Waals surface area contributed by atoms with Gasteiger partial charge in [0.1, 0.15) is 0 Å². The first-order valence-corrected chi connectivity index (χ1v) is 14.3. The minimum atomic E-state index is -3.10. The zero-order valence-corrected chi connectivity index (χ0v) is 20.4. The van der Waals surface area contributed by atoms with Crippen molar-refractivity contribution in [1.82, 2.24) is 5.09 Å². The highest BCUT2D eigenvalue weighted by atomic mass is 32.4. The lowest BCUT2D eigenvalue weighted by atomic mass is 10.2. The summed E-state index contributed by atoms with van der Waals surface area (Å²) in [5.41, 5.74) is 2.47. The van der Waals surface area contributed by atoms with Crippen LogP contribution in [0.3, 0.4) is 0 Å². The molecule has 0 bridgehead atoms. The molecule has 0 heterocycles. The molecule has 0 amide bonds. The van der Waals surface area contributed by atoms with Crippen molar-refractivity contribution in [3.8, 4) is 0 Å². The summed E-state index contributed by atoms with van der Waals surface area (Å²) < 4.78 is 23.3. The molecule has 0 unspecified atom stereocenters. The fourth-order valence-electron chi connectivity index (χ4n) is 2.61. The summed E-state index contributed by atoms with van der Waals surface area (Å²) in [6.45, 7) is 12.9. The summed E-state index contributed by atoms with van der Waals surface area (Å²) in [5, 5.41) is 7.13. The van der Waals surface area contributed by atoms with Crippen molar-refractivity contribution in [3.63, 3.8) is 0 Å². The van der Waals surface area contributed by atoms with Crippen LogP contribution in [0.15, 0.2) is 24.3 Å². The molecular formula is C18H32N2O3P2S2. The van der Waals surface area contributed by atoms with E-state index in [0.717, 1.165) is 11.3 Å². The minimum absolute atomic E-state index is 0.249. The fraction of sp³-hybridized carbons (Fsp3) is 0.611. The van der Waals surface area contributed by atoms with E-state index in [4.69, 9.17) is 33.1 Å². The third-order valence-electron chi connectivity index (χ3n) is 4.05. The van der Waals surface area contributed by atoms with Gasteiger partial charge >= 0.3 is 7.60 Å². The molecule has 0 aliphatic carbocycles. The monoisotopic (exact) mass is 450 g/mol. The topological polar surface area (TPSA) is 59.6 Å². The van der Waals surface area contributed by atoms with Gasteiger partial charge in [0, 0.05) is 11.9 Å². The molecule has 27 heavy (non-hydrogen) atoms. The van der Waals surface area contributed by atoms with E-state index in [0.29, 0.717) is 29.6 Å². The van der Waals surface area contributed by atoms with Crippen LogP contribution in [0.4, 0.5) is 5.69 Å². The van der Waals surface area contributed by atoms with Crippen molar-refractivity contribution < 1.29 is 13.6 Å². The van der Waals surface area contributed by atoms with Crippen molar-refractivity contribution in [2.75, 3.05) is 18.5 Å². The zero-order chi connectivity index (χ0) is 20.7. The minimum Gasteiger partial charge on any atom is -0.334 e. The number of nitrogens with one attached hydrogen (secondary N) is 2. The Morgan fingerprint density at radius 2 is 1.52 bits per heavy atom. The van der Waals surface area contributed by atoms with E-state index in [1.165, 1.54) is 0 Å². The largest absolute Gasteiger partial charge is 0.335 e. The summed E-state index contributed by atoms with van der Waals surface area (Å²) in [7, 11) is -3.10. The van der Waals surface area contributed by atoms with Crippen LogP contribution in [0.25, 0.3) is 0 Å². The van der Waals surface area contributed by atoms with E-state index in [1.54, 1.807) is 0 Å². The Hall–Kier alpha value is -0.290. The molecule has 0 saturated heterocycles. The second kappa shape index (κ2) is 11.0. The quantitative estimate of drug-likeness (QED) is 0.337. The highest BCUT2D eigenvalue weighted by Crippen LogP contribution is 2.52. The average molecular weight is 451 g/mol. The van der Waals surface area contributed by atoms with Gasteiger partial charge in [-0.1, -0.05) is 51.6 Å². The molecule has 0 atom stereocenters. The molecule has 0 aliphatic heterocycles. The van der Waals surface area contributed by atoms with E-state index in [9.17, 15) is 4.57 Å². The molecule has 1 rings (SSSR count). The molecule has 5 nitrogen and oxygen atoms in total. The summed E-state index contributed by atoms with van der Waals surface area (Å²) in [6.07, 6.45) is -1.55. The van der Waals surface area contributed by atoms with Crippen molar-refractivity contribution in [1.29, 1.82) is 0 Å². The highest BCUT2D eigenvalue weighted by molar-refractivity contribution is 8.14. The average Bonchev–Trinajstić information content (AvgIpc) is 2.56. The summed E-state index contributed by atoms with van der Waals surface area (Å²) in [6, 6.07) is 7.60. The van der Waals surface area contributed by atoms with E-state index >= 15 is 0 Å². The maximum Gasteiger partial charge on any atom is 0.335 e. The molecule has 2 N–H and O–H groups in total. The molecule has 0 fully saturated rings. The molecule has 0 spiro atoms. The molecule has 1 aromatic rings. The smallest absolute Gasteiger partial charge is 0.334 e. The third-order valence-corrected chi connectivity index (χ3v) is 12.9. The van der Waals surface area contributed by atoms with Crippen LogP contribution >= 0.6 is 26.0 Å². The molecule has 0 radical (unpaired) electrons. The predicted octanol–water partition coefficient (Wildman–Crippen LogP) is 5.95. The third kappa shape index (κ3) is 7.56. The maximum atomic E-state index is 12.6. The first kappa shape index (κ1) is 24.7. The van der Waals surface area contributed by atoms with Gasteiger partial charge in [-0.15, -0.1) is 0 Å². The SMILES string of the molecule is CCOP(=O)(Cc1ccc(NC(=S)NP(=S)(C(C)C)C(C)C)cc1)OCC. The van der Waals surface area contributed by atoms with Gasteiger partial charge in [-0.25, -0.2) is 0 Å². The lowest BCUT2D eigenvalue weighted by Gasteiger charge is -2.32. The highest BCUT2D eigenvalue weighted by Gasteiger charge is 2.26. The summed E-state index contributed by atoms with van der Waals surface area (Å²) in [4.78, 5) is 0. The maximum absolute atomic E-state index is 12.6. The van der Waals surface area contributed by atoms with Gasteiger partial charge in [-0.3, -0.25) is 4.57 Å². The molecule has 0 aliphatic rings. The van der Waals surface area contributed by atoms with Crippen LogP contribution < -0.4 is 10.4 Å². The van der Waals surface area contributed by atoms with Crippen LogP contribution in [0.2, 0.25) is 0 Å². The Balaban J connectivity index is 2.78. The van der Waals surface area contributed by atoms with Gasteiger partial charge in [0.15, 0.2) is 5.11 Å². The van der Waals surface area contributed by atoms with Crippen LogP contribution in [0.1, 0.15) is 47.1 Å². The Labute approximate surface area is 174 Å². The van der Waals surface area contributed by atoms with Crippen molar-refractivity contribution in [2.45, 2.75) is 59.0 Å². The Morgan fingerprint density at radius 1 is 1.04 bits per heavy atom. The Morgan fingerprint density at radius 3 is 1.93 bits per heavy atom. The lowest BCUT2D eigenvalue weighted by molar-refractivity contribution is 0.219. The number of rotatable bonds is 10. The van der Waals surface area contributed by atoms with Crippen LogP contribution in [-0.2, 0) is 31.6 Å². The second-order valence-electron chi connectivity index (χ2n) is 6.76. The molecular weight excluding hydrogens is 418 g/mol. The first-order chi connectivity index (χ1) is 12.6. The standard InChI is InChI=1S/C18H32N2O3P2S2/c1-7-22-24(21,23-8-2)13-16-9-11-17(12-10-16)19-18(26)20-25(27,14(3)4)15(5)6/h9-12,14-15H,7-8,13H2,1-6H3,(H2,19,20,26,27). The van der Waals surface area contributed by atoms with Crippen LogP contribution in [0, 0.1) is 0 Å². The molecule has 0 aromatic heterocycles. The van der Waals surface area contributed by atoms with Gasteiger partial charge in [0.05, 0.1) is 19.4 Å². The molecule has 154 valence electrons. The first-order valence-electron chi connectivity index (χ1n) is 9.22. The number of anilines is 1. The molecule has 0 saturated carbocycles. The number of benzene rings is 1. The van der Waals surface area contributed by atoms with Crippen LogP contribution in [-0.4, -0.2) is 29.6 Å². The van der Waals surface area contributed by atoms with Gasteiger partial charge in [0.2, 0.25) is 0 Å². The van der Waals surface area contributed by atoms with E-state index in [2.05, 4.69) is 38.1 Å². The predicted molar refractivity (Wildman–Crippen MR) is 125 cm³/mol. The summed E-state index contributed by atoms with van der Waals surface area (Å²) in [5.74, 6) is 0. The van der Waals surface area contributed by atoms with Gasteiger partial charge < -0.3 is 19.5 Å². The van der Waals surface area contributed by atoms with E-state index in [-0.39, 0.29) is 6.16 Å². The molecule has 9 heteroatoms. The number of hydrogen-bond donors (Lipinski definition) is 2. The zero-order valence-electron chi connectivity index (χ0n) is 17.0. The van der Waals surface area contributed by atoms with E-state index < -0.39 is 13.8 Å². The number of hydrogen-bond acceptors (Lipinski definition) is 5. The van der Waals surface area contributed by atoms with Gasteiger partial charge in [0.25, 0.3) is 0 Å². The number of thiocarbonyl (C=S) groups is 1. The van der Waals surface area contributed by atoms with Crippen molar-refractivity contribution in [2.24, 2.45) is 0 Å². The normalized spacial score (nSPS) is 12.4. The second-order valence-corrected chi connectivity index (χ2v) is 14.7. The summed E-state index contributed by atoms with van der Waals surface area (Å²) >= 11 is 11.4. The van der Waals surface area contributed by atoms with Crippen LogP contribution in [0.5, 0.6) is 0 Å².